The van der Waals surface area contributed by atoms with Gasteiger partial charge in [-0.3, -0.25) is 4.99 Å². The van der Waals surface area contributed by atoms with Crippen LogP contribution in [0.1, 0.15) is 11.1 Å². The van der Waals surface area contributed by atoms with Crippen molar-refractivity contribution in [2.24, 2.45) is 4.99 Å². The highest BCUT2D eigenvalue weighted by molar-refractivity contribution is 7.90. The first-order valence-corrected chi connectivity index (χ1v) is 8.04. The summed E-state index contributed by atoms with van der Waals surface area (Å²) in [5, 5.41) is 19.5. The van der Waals surface area contributed by atoms with Crippen LogP contribution in [0.4, 0.5) is 0 Å². The van der Waals surface area contributed by atoms with E-state index in [-0.39, 0.29) is 18.9 Å². The highest BCUT2D eigenvalue weighted by atomic mass is 32.2. The molecule has 3 rings (SSSR count). The number of aliphatic hydroxyl groups excluding tert-OH is 2. The molecule has 0 radical (unpaired) electrons. The summed E-state index contributed by atoms with van der Waals surface area (Å²) in [6.07, 6.45) is 0. The number of aliphatic imine (C=N–C) groups is 1. The standard InChI is InChI=1S/C17H15NO3S/c19-11-10-18-15(12-6-2-1-3-7-12)17-16(20)13-8-4-5-9-14(13)22(17)21/h1-9,19-20H,10-11H2. The smallest absolute Gasteiger partial charge is 0.142 e. The molecule has 0 fully saturated rings. The minimum atomic E-state index is -1.48. The van der Waals surface area contributed by atoms with E-state index in [1.54, 1.807) is 24.3 Å². The Balaban J connectivity index is 2.15. The average Bonchev–Trinajstić information content (AvgIpc) is 2.82. The van der Waals surface area contributed by atoms with E-state index in [1.165, 1.54) is 0 Å². The zero-order valence-electron chi connectivity index (χ0n) is 11.8. The van der Waals surface area contributed by atoms with Crippen molar-refractivity contribution in [3.05, 3.63) is 70.6 Å². The first-order chi connectivity index (χ1) is 10.7. The van der Waals surface area contributed by atoms with Gasteiger partial charge in [0.05, 0.1) is 34.6 Å². The summed E-state index contributed by atoms with van der Waals surface area (Å²) in [4.78, 5) is 5.23. The average molecular weight is 313 g/mol. The first kappa shape index (κ1) is 14.7. The van der Waals surface area contributed by atoms with E-state index in [9.17, 15) is 9.32 Å². The van der Waals surface area contributed by atoms with Crippen molar-refractivity contribution in [1.82, 2.24) is 0 Å². The van der Waals surface area contributed by atoms with Crippen LogP contribution in [0.5, 0.6) is 0 Å². The van der Waals surface area contributed by atoms with Crippen molar-refractivity contribution in [3.63, 3.8) is 0 Å². The summed E-state index contributed by atoms with van der Waals surface area (Å²) in [6.45, 7) is 0.0819. The molecule has 1 aliphatic rings. The zero-order chi connectivity index (χ0) is 15.5. The van der Waals surface area contributed by atoms with Crippen LogP contribution in [-0.2, 0) is 10.8 Å². The Hall–Kier alpha value is -2.24. The van der Waals surface area contributed by atoms with Crippen LogP contribution in [0.3, 0.4) is 0 Å². The Morgan fingerprint density at radius 1 is 1.05 bits per heavy atom. The second-order valence-electron chi connectivity index (χ2n) is 4.76. The number of allylic oxidation sites excluding steroid dienone is 1. The summed E-state index contributed by atoms with van der Waals surface area (Å²) in [7, 11) is -1.48. The molecule has 0 aromatic heterocycles. The van der Waals surface area contributed by atoms with Crippen molar-refractivity contribution in [3.8, 4) is 0 Å². The van der Waals surface area contributed by atoms with Gasteiger partial charge in [-0.1, -0.05) is 42.5 Å². The number of fused-ring (bicyclic) bond motifs is 1. The van der Waals surface area contributed by atoms with Gasteiger partial charge in [-0.25, -0.2) is 4.21 Å². The van der Waals surface area contributed by atoms with Crippen LogP contribution in [-0.4, -0.2) is 33.3 Å². The Morgan fingerprint density at radius 3 is 2.41 bits per heavy atom. The predicted octanol–water partition coefficient (Wildman–Crippen LogP) is 2.52. The fourth-order valence-corrected chi connectivity index (χ4v) is 3.83. The Morgan fingerprint density at radius 2 is 1.73 bits per heavy atom. The van der Waals surface area contributed by atoms with Gasteiger partial charge in [0, 0.05) is 11.1 Å². The van der Waals surface area contributed by atoms with Crippen molar-refractivity contribution in [2.45, 2.75) is 4.90 Å². The molecule has 0 aliphatic carbocycles. The van der Waals surface area contributed by atoms with Gasteiger partial charge in [-0.05, 0) is 12.1 Å². The molecule has 0 amide bonds. The van der Waals surface area contributed by atoms with E-state index in [4.69, 9.17) is 5.11 Å². The van der Waals surface area contributed by atoms with E-state index >= 15 is 0 Å². The molecule has 1 aliphatic heterocycles. The third-order valence-corrected chi connectivity index (χ3v) is 4.89. The fraction of sp³-hybridized carbons (Fsp3) is 0.118. The molecule has 1 atom stereocenters. The summed E-state index contributed by atoms with van der Waals surface area (Å²) in [5.41, 5.74) is 1.80. The lowest BCUT2D eigenvalue weighted by atomic mass is 10.1. The van der Waals surface area contributed by atoms with E-state index < -0.39 is 10.8 Å². The number of rotatable bonds is 4. The van der Waals surface area contributed by atoms with E-state index in [0.29, 0.717) is 21.1 Å². The third kappa shape index (κ3) is 2.49. The molecule has 112 valence electrons. The second-order valence-corrected chi connectivity index (χ2v) is 6.15. The molecule has 0 saturated heterocycles. The topological polar surface area (TPSA) is 69.9 Å². The minimum Gasteiger partial charge on any atom is -0.506 e. The van der Waals surface area contributed by atoms with Crippen LogP contribution in [0, 0.1) is 0 Å². The van der Waals surface area contributed by atoms with E-state index in [1.807, 2.05) is 30.3 Å². The van der Waals surface area contributed by atoms with Gasteiger partial charge in [0.1, 0.15) is 10.7 Å². The van der Waals surface area contributed by atoms with Crippen LogP contribution in [0.25, 0.3) is 5.76 Å². The molecular formula is C17H15NO3S. The molecule has 2 aromatic rings. The van der Waals surface area contributed by atoms with Gasteiger partial charge in [-0.2, -0.15) is 0 Å². The highest BCUT2D eigenvalue weighted by Gasteiger charge is 2.32. The highest BCUT2D eigenvalue weighted by Crippen LogP contribution is 2.36. The van der Waals surface area contributed by atoms with Gasteiger partial charge in [-0.15, -0.1) is 0 Å². The number of hydrogen-bond acceptors (Lipinski definition) is 4. The van der Waals surface area contributed by atoms with E-state index in [0.717, 1.165) is 5.56 Å². The monoisotopic (exact) mass is 313 g/mol. The summed E-state index contributed by atoms with van der Waals surface area (Å²) in [6, 6.07) is 16.3. The number of aliphatic hydroxyl groups is 2. The fourth-order valence-electron chi connectivity index (χ4n) is 2.40. The largest absolute Gasteiger partial charge is 0.506 e. The Kier molecular flexibility index (Phi) is 4.18. The van der Waals surface area contributed by atoms with Crippen LogP contribution in [0.2, 0.25) is 0 Å². The van der Waals surface area contributed by atoms with Gasteiger partial charge in [0.15, 0.2) is 0 Å². The molecule has 2 N–H and O–H groups in total. The lowest BCUT2D eigenvalue weighted by Gasteiger charge is -2.08. The maximum absolute atomic E-state index is 12.7. The molecular weight excluding hydrogens is 298 g/mol. The zero-order valence-corrected chi connectivity index (χ0v) is 12.6. The number of nitrogens with zero attached hydrogens (tertiary/aromatic N) is 1. The molecule has 0 spiro atoms. The first-order valence-electron chi connectivity index (χ1n) is 6.89. The van der Waals surface area contributed by atoms with Crippen LogP contribution >= 0.6 is 0 Å². The quantitative estimate of drug-likeness (QED) is 0.852. The van der Waals surface area contributed by atoms with Gasteiger partial charge in [0.2, 0.25) is 0 Å². The normalized spacial score (nSPS) is 17.7. The maximum Gasteiger partial charge on any atom is 0.142 e. The van der Waals surface area contributed by atoms with Crippen LogP contribution in [0.15, 0.2) is 69.4 Å². The molecule has 1 unspecified atom stereocenters. The van der Waals surface area contributed by atoms with E-state index in [2.05, 4.69) is 4.99 Å². The Bertz CT molecular complexity index is 782. The second kappa shape index (κ2) is 6.25. The molecule has 4 nitrogen and oxygen atoms in total. The van der Waals surface area contributed by atoms with Crippen LogP contribution < -0.4 is 0 Å². The van der Waals surface area contributed by atoms with Gasteiger partial charge in [0.25, 0.3) is 0 Å². The summed E-state index contributed by atoms with van der Waals surface area (Å²) in [5.74, 6) is -0.00511. The summed E-state index contributed by atoms with van der Waals surface area (Å²) >= 11 is 0. The van der Waals surface area contributed by atoms with Crippen molar-refractivity contribution in [1.29, 1.82) is 0 Å². The lowest BCUT2D eigenvalue weighted by Crippen LogP contribution is -2.10. The number of benzene rings is 2. The van der Waals surface area contributed by atoms with Gasteiger partial charge >= 0.3 is 0 Å². The number of hydrogen-bond donors (Lipinski definition) is 2. The minimum absolute atomic E-state index is 0.00511. The molecule has 5 heteroatoms. The predicted molar refractivity (Wildman–Crippen MR) is 87.3 cm³/mol. The van der Waals surface area contributed by atoms with Crippen molar-refractivity contribution >= 4 is 22.3 Å². The molecule has 22 heavy (non-hydrogen) atoms. The summed E-state index contributed by atoms with van der Waals surface area (Å²) < 4.78 is 12.7. The van der Waals surface area contributed by atoms with Gasteiger partial charge < -0.3 is 10.2 Å². The molecule has 0 saturated carbocycles. The van der Waals surface area contributed by atoms with Crippen molar-refractivity contribution in [2.75, 3.05) is 13.2 Å². The third-order valence-electron chi connectivity index (χ3n) is 3.37. The molecule has 1 heterocycles. The molecule has 2 aromatic carbocycles. The van der Waals surface area contributed by atoms with Crippen molar-refractivity contribution < 1.29 is 14.4 Å². The SMILES string of the molecule is O=S1C(C(=NCCO)c2ccccc2)=C(O)c2ccccc21. The Labute approximate surface area is 130 Å². The molecule has 0 bridgehead atoms. The lowest BCUT2D eigenvalue weighted by molar-refractivity contribution is 0.307. The maximum atomic E-state index is 12.7.